The lowest BCUT2D eigenvalue weighted by Gasteiger charge is -2.12. The van der Waals surface area contributed by atoms with Crippen LogP contribution in [0.15, 0.2) is 397 Å². The summed E-state index contributed by atoms with van der Waals surface area (Å²) in [5, 5.41) is 9.34. The van der Waals surface area contributed by atoms with Gasteiger partial charge in [-0.2, -0.15) is 0 Å². The number of hydrogen-bond acceptors (Lipinski definition) is 8. The number of hydrogen-bond donors (Lipinski definition) is 0. The van der Waals surface area contributed by atoms with Crippen molar-refractivity contribution in [2.75, 3.05) is 0 Å². The topological polar surface area (TPSA) is 113 Å². The molecule has 0 bridgehead atoms. The first-order valence-electron chi connectivity index (χ1n) is 37.5. The maximum Gasteiger partial charge on any atom is 0.164 e. The van der Waals surface area contributed by atoms with E-state index in [1.165, 1.54) is 21.5 Å². The van der Waals surface area contributed by atoms with Crippen molar-refractivity contribution in [2.45, 2.75) is 0 Å². The van der Waals surface area contributed by atoms with Crippen molar-refractivity contribution in [3.63, 3.8) is 0 Å². The zero-order valence-electron chi connectivity index (χ0n) is 60.3. The number of aromatic nitrogens is 8. The van der Waals surface area contributed by atoms with Crippen molar-refractivity contribution < 1.29 is 8.83 Å². The standard InChI is InChI=1S/2C51H32N4O/c1-3-14-33(15-4-1)49-52-50(34-16-5-2-6-17-34)54-51(53-49)38-20-11-18-35(30-38)36-19-12-21-39(31-36)55-45-26-9-7-22-41(45)42-29-28-37(32-46(42)55)40-24-13-25-44-43-23-8-10-27-47(43)56-48(40)44;1-3-13-34(14-4-1)49-52-50(35-15-5-2-6-16-35)54-51(53-49)36-27-25-33(26-28-36)37-17-11-18-39(31-37)55-45-23-9-7-19-41(45)42-30-29-38(32-46(42)55)40-21-12-22-44-43-20-8-10-24-47(43)56-48(40)44/h2*1-32H. The van der Waals surface area contributed by atoms with E-state index in [0.29, 0.717) is 34.9 Å². The van der Waals surface area contributed by atoms with Gasteiger partial charge in [0.25, 0.3) is 0 Å². The van der Waals surface area contributed by atoms with Gasteiger partial charge in [0.2, 0.25) is 0 Å². The summed E-state index contributed by atoms with van der Waals surface area (Å²) in [4.78, 5) is 29.6. The number of para-hydroxylation sites is 6. The summed E-state index contributed by atoms with van der Waals surface area (Å²) in [5.74, 6) is 3.85. The third-order valence-corrected chi connectivity index (χ3v) is 21.3. The molecule has 524 valence electrons. The molecular weight excluding hydrogens is 1370 g/mol. The highest BCUT2D eigenvalue weighted by Crippen LogP contribution is 2.43. The molecule has 0 unspecified atom stereocenters. The van der Waals surface area contributed by atoms with Gasteiger partial charge in [0.1, 0.15) is 22.3 Å². The van der Waals surface area contributed by atoms with E-state index in [1.807, 2.05) is 146 Å². The number of rotatable bonds is 12. The molecule has 0 aliphatic carbocycles. The van der Waals surface area contributed by atoms with Crippen molar-refractivity contribution in [1.29, 1.82) is 0 Å². The number of furan rings is 2. The fourth-order valence-corrected chi connectivity index (χ4v) is 16.0. The molecular formula is C102H64N8O2. The second kappa shape index (κ2) is 27.5. The molecule has 22 rings (SSSR count). The van der Waals surface area contributed by atoms with Crippen molar-refractivity contribution in [1.82, 2.24) is 39.0 Å². The third-order valence-electron chi connectivity index (χ3n) is 21.3. The van der Waals surface area contributed by atoms with Crippen molar-refractivity contribution in [3.8, 4) is 124 Å². The van der Waals surface area contributed by atoms with Gasteiger partial charge in [0.05, 0.1) is 22.1 Å². The SMILES string of the molecule is c1ccc(-c2nc(-c3ccccc3)nc(-c3ccc(-c4cccc(-n5c6ccccc6c6ccc(-c7cccc8c7oc7ccccc78)cc65)c4)cc3)n2)cc1.c1ccc(-c2nc(-c3ccccc3)nc(-c3cccc(-c4cccc(-n5c6ccccc6c6ccc(-c7cccc8c7oc7ccccc78)cc65)c4)c3)n2)cc1. The molecule has 0 saturated carbocycles. The molecule has 0 aliphatic heterocycles. The Morgan fingerprint density at radius 2 is 0.455 bits per heavy atom. The van der Waals surface area contributed by atoms with Gasteiger partial charge in [-0.05, 0) is 100 Å². The van der Waals surface area contributed by atoms with E-state index < -0.39 is 0 Å². The van der Waals surface area contributed by atoms with E-state index in [2.05, 4.69) is 252 Å². The molecule has 10 nitrogen and oxygen atoms in total. The average molecular weight is 1430 g/mol. The van der Waals surface area contributed by atoms with Crippen LogP contribution in [0.25, 0.3) is 212 Å². The summed E-state index contributed by atoms with van der Waals surface area (Å²) >= 11 is 0. The summed E-state index contributed by atoms with van der Waals surface area (Å²) in [6.45, 7) is 0. The minimum absolute atomic E-state index is 0.630. The number of benzene rings is 16. The Bertz CT molecular complexity index is 7260. The van der Waals surface area contributed by atoms with Gasteiger partial charge >= 0.3 is 0 Å². The average Bonchev–Trinajstić information content (AvgIpc) is 1.59. The van der Waals surface area contributed by atoms with Crippen molar-refractivity contribution in [3.05, 3.63) is 388 Å². The van der Waals surface area contributed by atoms with Gasteiger partial charge < -0.3 is 18.0 Å². The van der Waals surface area contributed by atoms with Crippen molar-refractivity contribution in [2.24, 2.45) is 0 Å². The lowest BCUT2D eigenvalue weighted by atomic mass is 10.0. The molecule has 112 heavy (non-hydrogen) atoms. The Labute approximate surface area is 643 Å². The largest absolute Gasteiger partial charge is 0.455 e. The van der Waals surface area contributed by atoms with E-state index in [4.69, 9.17) is 38.7 Å². The molecule has 0 amide bonds. The Balaban J connectivity index is 0.000000141. The molecule has 10 heteroatoms. The highest BCUT2D eigenvalue weighted by Gasteiger charge is 2.22. The zero-order chi connectivity index (χ0) is 74.0. The Hall–Kier alpha value is -15.3. The molecule has 0 N–H and O–H groups in total. The van der Waals surface area contributed by atoms with E-state index >= 15 is 0 Å². The third kappa shape index (κ3) is 11.7. The summed E-state index contributed by atoms with van der Waals surface area (Å²) < 4.78 is 17.7. The molecule has 0 atom stereocenters. The first-order chi connectivity index (χ1) is 55.5. The van der Waals surface area contributed by atoms with Gasteiger partial charge in [-0.25, -0.2) is 29.9 Å². The van der Waals surface area contributed by atoms with Crippen LogP contribution in [0.5, 0.6) is 0 Å². The van der Waals surface area contributed by atoms with Gasteiger partial charge in [0.15, 0.2) is 34.9 Å². The summed E-state index contributed by atoms with van der Waals surface area (Å²) in [6.07, 6.45) is 0. The van der Waals surface area contributed by atoms with E-state index in [9.17, 15) is 0 Å². The Kier molecular flexibility index (Phi) is 16.0. The summed E-state index contributed by atoms with van der Waals surface area (Å²) in [7, 11) is 0. The van der Waals surface area contributed by atoms with Crippen LogP contribution < -0.4 is 0 Å². The number of nitrogens with zero attached hydrogens (tertiary/aromatic N) is 8. The maximum atomic E-state index is 6.47. The van der Waals surface area contributed by atoms with Crippen LogP contribution in [0.2, 0.25) is 0 Å². The predicted octanol–water partition coefficient (Wildman–Crippen LogP) is 26.4. The smallest absolute Gasteiger partial charge is 0.164 e. The lowest BCUT2D eigenvalue weighted by molar-refractivity contribution is 0.669. The predicted molar refractivity (Wildman–Crippen MR) is 457 cm³/mol. The molecule has 16 aromatic carbocycles. The van der Waals surface area contributed by atoms with Crippen LogP contribution in [0.3, 0.4) is 0 Å². The minimum Gasteiger partial charge on any atom is -0.455 e. The van der Waals surface area contributed by atoms with Crippen LogP contribution in [-0.2, 0) is 0 Å². The first-order valence-corrected chi connectivity index (χ1v) is 37.5. The van der Waals surface area contributed by atoms with Gasteiger partial charge in [-0.1, -0.05) is 322 Å². The fraction of sp³-hybridized carbons (Fsp3) is 0. The number of fused-ring (bicyclic) bond motifs is 12. The fourth-order valence-electron chi connectivity index (χ4n) is 16.0. The molecule has 6 heterocycles. The lowest BCUT2D eigenvalue weighted by Crippen LogP contribution is -2.00. The zero-order valence-corrected chi connectivity index (χ0v) is 60.3. The summed E-state index contributed by atoms with van der Waals surface area (Å²) in [5.41, 5.74) is 24.8. The quantitative estimate of drug-likeness (QED) is 0.119. The highest BCUT2D eigenvalue weighted by atomic mass is 16.3. The maximum absolute atomic E-state index is 6.47. The van der Waals surface area contributed by atoms with Crippen LogP contribution in [0.1, 0.15) is 0 Å². The molecule has 0 spiro atoms. The van der Waals surface area contributed by atoms with Gasteiger partial charge in [0, 0.05) is 99.0 Å². The van der Waals surface area contributed by atoms with Crippen molar-refractivity contribution >= 4 is 87.5 Å². The molecule has 0 fully saturated rings. The van der Waals surface area contributed by atoms with E-state index in [0.717, 1.165) is 155 Å². The minimum atomic E-state index is 0.630. The second-order valence-corrected chi connectivity index (χ2v) is 28.1. The monoisotopic (exact) mass is 1430 g/mol. The molecule has 6 aromatic heterocycles. The summed E-state index contributed by atoms with van der Waals surface area (Å²) in [6, 6.07) is 135. The Morgan fingerprint density at radius 1 is 0.170 bits per heavy atom. The van der Waals surface area contributed by atoms with Crippen LogP contribution >= 0.6 is 0 Å². The second-order valence-electron chi connectivity index (χ2n) is 28.1. The highest BCUT2D eigenvalue weighted by molar-refractivity contribution is 6.15. The normalized spacial score (nSPS) is 11.6. The molecule has 0 aliphatic rings. The van der Waals surface area contributed by atoms with Crippen LogP contribution in [0.4, 0.5) is 0 Å². The molecule has 0 saturated heterocycles. The first kappa shape index (κ1) is 65.1. The van der Waals surface area contributed by atoms with E-state index in [1.54, 1.807) is 0 Å². The van der Waals surface area contributed by atoms with Crippen LogP contribution in [-0.4, -0.2) is 39.0 Å². The van der Waals surface area contributed by atoms with Crippen LogP contribution in [0, 0.1) is 0 Å². The van der Waals surface area contributed by atoms with E-state index in [-0.39, 0.29) is 0 Å². The molecule has 0 radical (unpaired) electrons. The Morgan fingerprint density at radius 3 is 0.884 bits per heavy atom. The van der Waals surface area contributed by atoms with Gasteiger partial charge in [-0.15, -0.1) is 0 Å². The van der Waals surface area contributed by atoms with Gasteiger partial charge in [-0.3, -0.25) is 0 Å². The molecule has 22 aromatic rings.